The van der Waals surface area contributed by atoms with Crippen LogP contribution in [-0.4, -0.2) is 23.4 Å². The molecule has 28 heavy (non-hydrogen) atoms. The fourth-order valence-electron chi connectivity index (χ4n) is 3.35. The lowest BCUT2D eigenvalue weighted by Gasteiger charge is -2.15. The maximum atomic E-state index is 11.3. The Morgan fingerprint density at radius 3 is 2.57 bits per heavy atom. The average molecular weight is 369 g/mol. The third-order valence-corrected chi connectivity index (χ3v) is 4.77. The first-order valence-electron chi connectivity index (χ1n) is 8.92. The predicted octanol–water partition coefficient (Wildman–Crippen LogP) is 5.17. The summed E-state index contributed by atoms with van der Waals surface area (Å²) in [7, 11) is 1.54. The first kappa shape index (κ1) is 17.7. The molecule has 0 spiro atoms. The highest BCUT2D eigenvalue weighted by Crippen LogP contribution is 2.34. The topological polar surface area (TPSA) is 64.1 Å². The summed E-state index contributed by atoms with van der Waals surface area (Å²) in [6.07, 6.45) is 3.93. The number of methoxy groups -OCH3 is 1. The van der Waals surface area contributed by atoms with Gasteiger partial charge in [-0.25, -0.2) is 4.98 Å². The molecule has 4 aromatic rings. The maximum absolute atomic E-state index is 11.3. The van der Waals surface area contributed by atoms with Crippen molar-refractivity contribution in [1.82, 2.24) is 9.97 Å². The number of nitrogens with one attached hydrogen (secondary N) is 1. The highest BCUT2D eigenvalue weighted by atomic mass is 16.5. The number of benzene rings is 2. The minimum absolute atomic E-state index is 0.411. The Labute approximate surface area is 163 Å². The van der Waals surface area contributed by atoms with Gasteiger partial charge in [0.2, 0.25) is 0 Å². The molecular weight excluding hydrogens is 350 g/mol. The summed E-state index contributed by atoms with van der Waals surface area (Å²) in [6.45, 7) is 2.08. The van der Waals surface area contributed by atoms with Crippen LogP contribution < -0.4 is 10.1 Å². The van der Waals surface area contributed by atoms with Gasteiger partial charge in [0, 0.05) is 23.5 Å². The standard InChI is InChI=1S/C23H19N3O2/c1-15-18(16-7-4-3-5-8-16)9-6-10-20(15)26-23-21-19(11-12-24-23)22(28-2)17(14-27)13-25-21/h3-14H,1-2H3,(H,24,26). The van der Waals surface area contributed by atoms with Crippen LogP contribution in [0.25, 0.3) is 22.0 Å². The molecule has 2 aromatic heterocycles. The Hall–Kier alpha value is -3.73. The van der Waals surface area contributed by atoms with Crippen LogP contribution in [0.3, 0.4) is 0 Å². The molecule has 0 fully saturated rings. The normalized spacial score (nSPS) is 10.6. The zero-order valence-electron chi connectivity index (χ0n) is 15.6. The van der Waals surface area contributed by atoms with Gasteiger partial charge in [-0.15, -0.1) is 0 Å². The zero-order valence-corrected chi connectivity index (χ0v) is 15.6. The molecule has 0 atom stereocenters. The molecular formula is C23H19N3O2. The van der Waals surface area contributed by atoms with Crippen molar-refractivity contribution in [1.29, 1.82) is 0 Å². The van der Waals surface area contributed by atoms with Gasteiger partial charge in [0.05, 0.1) is 12.7 Å². The molecule has 0 amide bonds. The lowest BCUT2D eigenvalue weighted by molar-refractivity contribution is 0.112. The van der Waals surface area contributed by atoms with Crippen molar-refractivity contribution in [2.24, 2.45) is 0 Å². The van der Waals surface area contributed by atoms with Crippen molar-refractivity contribution < 1.29 is 9.53 Å². The number of rotatable bonds is 5. The summed E-state index contributed by atoms with van der Waals surface area (Å²) < 4.78 is 5.43. The number of hydrogen-bond donors (Lipinski definition) is 1. The number of hydrogen-bond acceptors (Lipinski definition) is 5. The number of ether oxygens (including phenoxy) is 1. The summed E-state index contributed by atoms with van der Waals surface area (Å²) in [4.78, 5) is 20.2. The molecule has 1 N–H and O–H groups in total. The summed E-state index contributed by atoms with van der Waals surface area (Å²) in [5.74, 6) is 1.11. The Morgan fingerprint density at radius 2 is 1.82 bits per heavy atom. The number of nitrogens with zero attached hydrogens (tertiary/aromatic N) is 2. The minimum Gasteiger partial charge on any atom is -0.495 e. The number of carbonyl (C=O) groups is 1. The first-order chi connectivity index (χ1) is 13.7. The predicted molar refractivity (Wildman–Crippen MR) is 111 cm³/mol. The fourth-order valence-corrected chi connectivity index (χ4v) is 3.35. The van der Waals surface area contributed by atoms with Crippen molar-refractivity contribution in [3.63, 3.8) is 0 Å². The highest BCUT2D eigenvalue weighted by Gasteiger charge is 2.14. The van der Waals surface area contributed by atoms with E-state index in [1.807, 2.05) is 30.3 Å². The van der Waals surface area contributed by atoms with E-state index in [-0.39, 0.29) is 0 Å². The number of anilines is 2. The van der Waals surface area contributed by atoms with E-state index in [1.54, 1.807) is 19.4 Å². The van der Waals surface area contributed by atoms with Crippen LogP contribution in [0.5, 0.6) is 5.75 Å². The van der Waals surface area contributed by atoms with Crippen LogP contribution in [0, 0.1) is 6.92 Å². The molecule has 0 saturated carbocycles. The number of pyridine rings is 2. The second-order valence-corrected chi connectivity index (χ2v) is 6.39. The first-order valence-corrected chi connectivity index (χ1v) is 8.92. The molecule has 5 nitrogen and oxygen atoms in total. The van der Waals surface area contributed by atoms with Gasteiger partial charge < -0.3 is 10.1 Å². The molecule has 2 aromatic carbocycles. The van der Waals surface area contributed by atoms with Gasteiger partial charge in [0.25, 0.3) is 0 Å². The molecule has 0 radical (unpaired) electrons. The SMILES string of the molecule is COc1c(C=O)cnc2c(Nc3cccc(-c4ccccc4)c3C)nccc12. The van der Waals surface area contributed by atoms with E-state index in [0.717, 1.165) is 34.1 Å². The third-order valence-electron chi connectivity index (χ3n) is 4.77. The van der Waals surface area contributed by atoms with Crippen molar-refractivity contribution in [2.75, 3.05) is 12.4 Å². The molecule has 0 aliphatic carbocycles. The Kier molecular flexibility index (Phi) is 4.72. The second-order valence-electron chi connectivity index (χ2n) is 6.39. The summed E-state index contributed by atoms with van der Waals surface area (Å²) in [6, 6.07) is 18.2. The van der Waals surface area contributed by atoms with E-state index in [1.165, 1.54) is 6.20 Å². The minimum atomic E-state index is 0.411. The van der Waals surface area contributed by atoms with Crippen LogP contribution >= 0.6 is 0 Å². The van der Waals surface area contributed by atoms with Gasteiger partial charge in [-0.2, -0.15) is 0 Å². The Bertz CT molecular complexity index is 1160. The molecule has 0 bridgehead atoms. The largest absolute Gasteiger partial charge is 0.495 e. The molecule has 0 aliphatic heterocycles. The van der Waals surface area contributed by atoms with E-state index < -0.39 is 0 Å². The summed E-state index contributed by atoms with van der Waals surface area (Å²) in [5, 5.41) is 4.13. The van der Waals surface area contributed by atoms with Crippen LogP contribution in [0.15, 0.2) is 67.0 Å². The quantitative estimate of drug-likeness (QED) is 0.492. The van der Waals surface area contributed by atoms with Crippen LogP contribution in [0.4, 0.5) is 11.5 Å². The molecule has 138 valence electrons. The van der Waals surface area contributed by atoms with E-state index in [2.05, 4.69) is 40.4 Å². The van der Waals surface area contributed by atoms with Crippen molar-refractivity contribution in [2.45, 2.75) is 6.92 Å². The van der Waals surface area contributed by atoms with Gasteiger partial charge in [-0.1, -0.05) is 42.5 Å². The van der Waals surface area contributed by atoms with E-state index in [9.17, 15) is 4.79 Å². The molecule has 4 rings (SSSR count). The van der Waals surface area contributed by atoms with Crippen LogP contribution in [-0.2, 0) is 0 Å². The Balaban J connectivity index is 1.80. The maximum Gasteiger partial charge on any atom is 0.157 e. The molecule has 5 heteroatoms. The Morgan fingerprint density at radius 1 is 1.00 bits per heavy atom. The van der Waals surface area contributed by atoms with Crippen molar-refractivity contribution in [3.8, 4) is 16.9 Å². The lowest BCUT2D eigenvalue weighted by Crippen LogP contribution is -2.01. The number of aldehydes is 1. The van der Waals surface area contributed by atoms with Gasteiger partial charge >= 0.3 is 0 Å². The van der Waals surface area contributed by atoms with Crippen LogP contribution in [0.1, 0.15) is 15.9 Å². The molecule has 0 aliphatic rings. The number of fused-ring (bicyclic) bond motifs is 1. The lowest BCUT2D eigenvalue weighted by atomic mass is 9.99. The van der Waals surface area contributed by atoms with Crippen LogP contribution in [0.2, 0.25) is 0 Å². The monoisotopic (exact) mass is 369 g/mol. The fraction of sp³-hybridized carbons (Fsp3) is 0.0870. The smallest absolute Gasteiger partial charge is 0.157 e. The number of aromatic nitrogens is 2. The van der Waals surface area contributed by atoms with Gasteiger partial charge in [0.15, 0.2) is 12.1 Å². The average Bonchev–Trinajstić information content (AvgIpc) is 2.75. The second kappa shape index (κ2) is 7.48. The van der Waals surface area contributed by atoms with Gasteiger partial charge in [-0.3, -0.25) is 9.78 Å². The van der Waals surface area contributed by atoms with Gasteiger partial charge in [0.1, 0.15) is 11.3 Å². The third kappa shape index (κ3) is 3.07. The summed E-state index contributed by atoms with van der Waals surface area (Å²) in [5.41, 5.74) is 5.43. The van der Waals surface area contributed by atoms with Crippen molar-refractivity contribution in [3.05, 3.63) is 78.1 Å². The number of carbonyl (C=O) groups excluding carboxylic acids is 1. The van der Waals surface area contributed by atoms with Gasteiger partial charge in [-0.05, 0) is 35.7 Å². The molecule has 0 unspecified atom stereocenters. The van der Waals surface area contributed by atoms with E-state index in [4.69, 9.17) is 4.74 Å². The van der Waals surface area contributed by atoms with E-state index >= 15 is 0 Å². The molecule has 0 saturated heterocycles. The van der Waals surface area contributed by atoms with E-state index in [0.29, 0.717) is 22.6 Å². The summed E-state index contributed by atoms with van der Waals surface area (Å²) >= 11 is 0. The zero-order chi connectivity index (χ0) is 19.5. The van der Waals surface area contributed by atoms with Crippen molar-refractivity contribution >= 4 is 28.7 Å². The molecule has 2 heterocycles. The highest BCUT2D eigenvalue weighted by molar-refractivity contribution is 5.98.